The molecule has 3 rings (SSSR count). The van der Waals surface area contributed by atoms with E-state index in [1.165, 1.54) is 36.4 Å². The Bertz CT molecular complexity index is 778. The van der Waals surface area contributed by atoms with E-state index in [0.29, 0.717) is 22.3 Å². The summed E-state index contributed by atoms with van der Waals surface area (Å²) in [6, 6.07) is 11.3. The second-order valence-corrected chi connectivity index (χ2v) is 4.38. The van der Waals surface area contributed by atoms with E-state index in [2.05, 4.69) is 10.3 Å². The van der Waals surface area contributed by atoms with Crippen LogP contribution in [0.3, 0.4) is 0 Å². The maximum absolute atomic E-state index is 13.1. The molecular formula is C15H10F2N2O. The van der Waals surface area contributed by atoms with Crippen LogP contribution in [0.1, 0.15) is 10.5 Å². The summed E-state index contributed by atoms with van der Waals surface area (Å²) in [5.41, 5.74) is 1.48. The first-order valence-electron chi connectivity index (χ1n) is 5.97. The third-order valence-corrected chi connectivity index (χ3v) is 2.93. The standard InChI is InChI=1S/C15H10F2N2O/c16-10-1-4-12(5-2-10)18-15(20)14-8-9-7-11(17)3-6-13(9)19-14/h1-8,19H,(H,18,20). The van der Waals surface area contributed by atoms with Crippen LogP contribution in [0.5, 0.6) is 0 Å². The normalized spacial score (nSPS) is 10.7. The molecule has 0 aliphatic heterocycles. The molecule has 1 aromatic heterocycles. The Balaban J connectivity index is 1.86. The number of H-pyrrole nitrogens is 1. The first kappa shape index (κ1) is 12.3. The second kappa shape index (κ2) is 4.77. The zero-order valence-electron chi connectivity index (χ0n) is 10.3. The molecule has 100 valence electrons. The number of carbonyl (C=O) groups is 1. The van der Waals surface area contributed by atoms with Gasteiger partial charge < -0.3 is 10.3 Å². The van der Waals surface area contributed by atoms with E-state index >= 15 is 0 Å². The molecule has 0 atom stereocenters. The van der Waals surface area contributed by atoms with Crippen molar-refractivity contribution in [1.82, 2.24) is 4.98 Å². The SMILES string of the molecule is O=C(Nc1ccc(F)cc1)c1cc2cc(F)ccc2[nH]1. The molecule has 2 aromatic carbocycles. The van der Waals surface area contributed by atoms with Gasteiger partial charge in [-0.25, -0.2) is 8.78 Å². The van der Waals surface area contributed by atoms with Crippen molar-refractivity contribution in [3.63, 3.8) is 0 Å². The Morgan fingerprint density at radius 1 is 0.950 bits per heavy atom. The van der Waals surface area contributed by atoms with Crippen molar-refractivity contribution in [3.05, 3.63) is 65.9 Å². The number of benzene rings is 2. The number of hydrogen-bond donors (Lipinski definition) is 2. The first-order chi connectivity index (χ1) is 9.61. The van der Waals surface area contributed by atoms with Gasteiger partial charge in [0.05, 0.1) is 0 Å². The Hall–Kier alpha value is -2.69. The number of carbonyl (C=O) groups excluding carboxylic acids is 1. The van der Waals surface area contributed by atoms with Crippen LogP contribution in [-0.4, -0.2) is 10.9 Å². The Morgan fingerprint density at radius 2 is 1.65 bits per heavy atom. The molecule has 2 N–H and O–H groups in total. The maximum atomic E-state index is 13.1. The highest BCUT2D eigenvalue weighted by atomic mass is 19.1. The highest BCUT2D eigenvalue weighted by Crippen LogP contribution is 2.18. The molecule has 0 radical (unpaired) electrons. The Labute approximate surface area is 113 Å². The molecule has 0 unspecified atom stereocenters. The van der Waals surface area contributed by atoms with Crippen molar-refractivity contribution >= 4 is 22.5 Å². The number of hydrogen-bond acceptors (Lipinski definition) is 1. The molecule has 1 heterocycles. The van der Waals surface area contributed by atoms with Crippen molar-refractivity contribution < 1.29 is 13.6 Å². The van der Waals surface area contributed by atoms with Crippen molar-refractivity contribution in [2.45, 2.75) is 0 Å². The molecule has 0 saturated heterocycles. The first-order valence-corrected chi connectivity index (χ1v) is 5.97. The van der Waals surface area contributed by atoms with Crippen molar-refractivity contribution in [3.8, 4) is 0 Å². The molecule has 5 heteroatoms. The second-order valence-electron chi connectivity index (χ2n) is 4.38. The average molecular weight is 272 g/mol. The number of halogens is 2. The molecule has 0 aliphatic carbocycles. The molecular weight excluding hydrogens is 262 g/mol. The fourth-order valence-corrected chi connectivity index (χ4v) is 1.96. The molecule has 20 heavy (non-hydrogen) atoms. The Morgan fingerprint density at radius 3 is 2.40 bits per heavy atom. The molecule has 3 nitrogen and oxygen atoms in total. The van der Waals surface area contributed by atoms with Gasteiger partial charge in [-0.15, -0.1) is 0 Å². The highest BCUT2D eigenvalue weighted by molar-refractivity contribution is 6.05. The summed E-state index contributed by atoms with van der Waals surface area (Å²) < 4.78 is 25.9. The molecule has 0 saturated carbocycles. The van der Waals surface area contributed by atoms with Gasteiger partial charge in [-0.1, -0.05) is 0 Å². The number of nitrogens with one attached hydrogen (secondary N) is 2. The van der Waals surface area contributed by atoms with Gasteiger partial charge in [0.2, 0.25) is 0 Å². The van der Waals surface area contributed by atoms with Crippen LogP contribution in [0.15, 0.2) is 48.5 Å². The van der Waals surface area contributed by atoms with E-state index < -0.39 is 0 Å². The predicted octanol–water partition coefficient (Wildman–Crippen LogP) is 3.70. The van der Waals surface area contributed by atoms with Gasteiger partial charge in [0.25, 0.3) is 5.91 Å². The summed E-state index contributed by atoms with van der Waals surface area (Å²) >= 11 is 0. The quantitative estimate of drug-likeness (QED) is 0.734. The van der Waals surface area contributed by atoms with Crippen LogP contribution in [0.25, 0.3) is 10.9 Å². The van der Waals surface area contributed by atoms with Crippen LogP contribution >= 0.6 is 0 Å². The average Bonchev–Trinajstić information content (AvgIpc) is 2.84. The number of aromatic amines is 1. The lowest BCUT2D eigenvalue weighted by molar-refractivity contribution is 0.102. The summed E-state index contributed by atoms with van der Waals surface area (Å²) in [5.74, 6) is -1.10. The van der Waals surface area contributed by atoms with E-state index in [0.717, 1.165) is 0 Å². The van der Waals surface area contributed by atoms with Crippen molar-refractivity contribution in [2.24, 2.45) is 0 Å². The molecule has 1 amide bonds. The fourth-order valence-electron chi connectivity index (χ4n) is 1.96. The molecule has 0 fully saturated rings. The van der Waals surface area contributed by atoms with Crippen LogP contribution in [0.4, 0.5) is 14.5 Å². The maximum Gasteiger partial charge on any atom is 0.272 e. The molecule has 0 bridgehead atoms. The lowest BCUT2D eigenvalue weighted by Crippen LogP contribution is -2.12. The smallest absolute Gasteiger partial charge is 0.272 e. The van der Waals surface area contributed by atoms with Gasteiger partial charge in [-0.05, 0) is 48.5 Å². The topological polar surface area (TPSA) is 44.9 Å². The zero-order chi connectivity index (χ0) is 14.1. The summed E-state index contributed by atoms with van der Waals surface area (Å²) in [6.07, 6.45) is 0. The van der Waals surface area contributed by atoms with Gasteiger partial charge >= 0.3 is 0 Å². The minimum atomic E-state index is -0.371. The Kier molecular flexibility index (Phi) is 2.95. The van der Waals surface area contributed by atoms with Crippen molar-refractivity contribution in [1.29, 1.82) is 0 Å². The van der Waals surface area contributed by atoms with E-state index in [-0.39, 0.29) is 17.5 Å². The highest BCUT2D eigenvalue weighted by Gasteiger charge is 2.10. The number of aromatic nitrogens is 1. The van der Waals surface area contributed by atoms with Crippen molar-refractivity contribution in [2.75, 3.05) is 5.32 Å². The molecule has 0 spiro atoms. The largest absolute Gasteiger partial charge is 0.351 e. The van der Waals surface area contributed by atoms with E-state index in [9.17, 15) is 13.6 Å². The monoisotopic (exact) mass is 272 g/mol. The number of fused-ring (bicyclic) bond motifs is 1. The van der Waals surface area contributed by atoms with Gasteiger partial charge in [0.1, 0.15) is 17.3 Å². The zero-order valence-corrected chi connectivity index (χ0v) is 10.3. The van der Waals surface area contributed by atoms with E-state index in [1.807, 2.05) is 0 Å². The minimum absolute atomic E-state index is 0.315. The van der Waals surface area contributed by atoms with Crippen LogP contribution < -0.4 is 5.32 Å². The minimum Gasteiger partial charge on any atom is -0.351 e. The van der Waals surface area contributed by atoms with Gasteiger partial charge in [-0.2, -0.15) is 0 Å². The lowest BCUT2D eigenvalue weighted by Gasteiger charge is -2.02. The fraction of sp³-hybridized carbons (Fsp3) is 0. The van der Waals surface area contributed by atoms with E-state index in [1.54, 1.807) is 12.1 Å². The number of rotatable bonds is 2. The lowest BCUT2D eigenvalue weighted by atomic mass is 10.2. The third kappa shape index (κ3) is 2.38. The number of anilines is 1. The summed E-state index contributed by atoms with van der Waals surface area (Å²) in [4.78, 5) is 14.9. The summed E-state index contributed by atoms with van der Waals surface area (Å²) in [6.45, 7) is 0. The number of amides is 1. The summed E-state index contributed by atoms with van der Waals surface area (Å²) in [5, 5.41) is 3.25. The van der Waals surface area contributed by atoms with Crippen LogP contribution in [-0.2, 0) is 0 Å². The molecule has 3 aromatic rings. The van der Waals surface area contributed by atoms with Gasteiger partial charge in [0, 0.05) is 16.6 Å². The van der Waals surface area contributed by atoms with Gasteiger partial charge in [0.15, 0.2) is 0 Å². The van der Waals surface area contributed by atoms with E-state index in [4.69, 9.17) is 0 Å². The van der Waals surface area contributed by atoms with Crippen LogP contribution in [0.2, 0.25) is 0 Å². The predicted molar refractivity (Wildman–Crippen MR) is 72.6 cm³/mol. The molecule has 0 aliphatic rings. The van der Waals surface area contributed by atoms with Gasteiger partial charge in [-0.3, -0.25) is 4.79 Å². The summed E-state index contributed by atoms with van der Waals surface area (Å²) in [7, 11) is 0. The van der Waals surface area contributed by atoms with Crippen LogP contribution in [0, 0.1) is 11.6 Å². The third-order valence-electron chi connectivity index (χ3n) is 2.93.